The number of rotatable bonds is 10. The van der Waals surface area contributed by atoms with Gasteiger partial charge in [0.05, 0.1) is 6.04 Å². The first kappa shape index (κ1) is 26.8. The molecule has 0 saturated carbocycles. The van der Waals surface area contributed by atoms with Crippen molar-refractivity contribution < 1.29 is 13.9 Å². The fourth-order valence-corrected chi connectivity index (χ4v) is 4.15. The van der Waals surface area contributed by atoms with Crippen molar-refractivity contribution in [1.82, 2.24) is 20.1 Å². The van der Waals surface area contributed by atoms with Crippen molar-refractivity contribution in [1.29, 1.82) is 5.26 Å². The molecule has 35 heavy (non-hydrogen) atoms. The number of carbonyl (C=O) groups excluding carboxylic acids is 1. The molecule has 3 rings (SSSR count). The Bertz CT molecular complexity index is 1060. The maximum Gasteiger partial charge on any atom is 0.262 e. The number of pyridine rings is 1. The molecule has 2 aromatic rings. The van der Waals surface area contributed by atoms with Crippen LogP contribution >= 0.6 is 15.9 Å². The van der Waals surface area contributed by atoms with E-state index in [2.05, 4.69) is 43.1 Å². The summed E-state index contributed by atoms with van der Waals surface area (Å²) in [5.74, 6) is -0.403. The number of carbonyl (C=O) groups is 1. The van der Waals surface area contributed by atoms with Crippen LogP contribution in [0.15, 0.2) is 46.6 Å². The van der Waals surface area contributed by atoms with Crippen LogP contribution in [0, 0.1) is 17.1 Å². The van der Waals surface area contributed by atoms with Gasteiger partial charge in [-0.1, -0.05) is 25.5 Å². The number of halogens is 2. The standard InChI is InChI=1S/C26H31BrFN5O2/c1-3-4-23(31-26(34)20(18-29)17-24-22(28)9-10-25(27)30-24)19-5-7-21(8-6-19)35-16-15-33-13-11-32(2)12-14-33/h5-10,17,23H,3-4,11-16H2,1-2H3,(H,31,34). The molecule has 1 atom stereocenters. The smallest absolute Gasteiger partial charge is 0.262 e. The van der Waals surface area contributed by atoms with E-state index < -0.39 is 11.7 Å². The molecule has 1 aromatic heterocycles. The van der Waals surface area contributed by atoms with Crippen LogP contribution in [0.3, 0.4) is 0 Å². The molecule has 2 heterocycles. The van der Waals surface area contributed by atoms with E-state index in [1.807, 2.05) is 37.3 Å². The van der Waals surface area contributed by atoms with Gasteiger partial charge in [0.2, 0.25) is 0 Å². The topological polar surface area (TPSA) is 81.5 Å². The SMILES string of the molecule is CCCC(NC(=O)C(C#N)=Cc1nc(Br)ccc1F)c1ccc(OCCN2CCN(C)CC2)cc1. The van der Waals surface area contributed by atoms with E-state index in [0.29, 0.717) is 17.6 Å². The monoisotopic (exact) mass is 543 g/mol. The number of benzene rings is 1. The molecule has 0 radical (unpaired) electrons. The highest BCUT2D eigenvalue weighted by atomic mass is 79.9. The van der Waals surface area contributed by atoms with Crippen LogP contribution in [-0.4, -0.2) is 67.1 Å². The van der Waals surface area contributed by atoms with Crippen molar-refractivity contribution in [2.45, 2.75) is 25.8 Å². The largest absolute Gasteiger partial charge is 0.492 e. The minimum Gasteiger partial charge on any atom is -0.492 e. The summed E-state index contributed by atoms with van der Waals surface area (Å²) in [6.45, 7) is 7.81. The first-order valence-corrected chi connectivity index (χ1v) is 12.6. The van der Waals surface area contributed by atoms with Crippen LogP contribution in [0.4, 0.5) is 4.39 Å². The molecule has 1 saturated heterocycles. The van der Waals surface area contributed by atoms with Crippen LogP contribution in [0.2, 0.25) is 0 Å². The van der Waals surface area contributed by atoms with E-state index in [1.165, 1.54) is 12.1 Å². The van der Waals surface area contributed by atoms with E-state index in [0.717, 1.165) is 56.5 Å². The van der Waals surface area contributed by atoms with E-state index in [9.17, 15) is 14.4 Å². The maximum absolute atomic E-state index is 14.0. The van der Waals surface area contributed by atoms with E-state index in [4.69, 9.17) is 4.74 Å². The third-order valence-corrected chi connectivity index (χ3v) is 6.36. The van der Waals surface area contributed by atoms with Gasteiger partial charge >= 0.3 is 0 Å². The van der Waals surface area contributed by atoms with Crippen LogP contribution in [-0.2, 0) is 4.79 Å². The molecule has 0 aliphatic carbocycles. The lowest BCUT2D eigenvalue weighted by Gasteiger charge is -2.32. The Kier molecular flexibility index (Phi) is 10.2. The summed E-state index contributed by atoms with van der Waals surface area (Å²) in [6, 6.07) is 11.9. The number of nitrogens with zero attached hydrogens (tertiary/aromatic N) is 4. The van der Waals surface area contributed by atoms with Crippen LogP contribution < -0.4 is 10.1 Å². The number of piperazine rings is 1. The summed E-state index contributed by atoms with van der Waals surface area (Å²) in [4.78, 5) is 21.5. The van der Waals surface area contributed by atoms with Gasteiger partial charge in [-0.05, 0) is 65.3 Å². The Morgan fingerprint density at radius 2 is 1.97 bits per heavy atom. The Morgan fingerprint density at radius 3 is 2.63 bits per heavy atom. The van der Waals surface area contributed by atoms with Crippen molar-refractivity contribution in [3.63, 3.8) is 0 Å². The summed E-state index contributed by atoms with van der Waals surface area (Å²) in [6.07, 6.45) is 2.69. The number of likely N-dealkylation sites (N-methyl/N-ethyl adjacent to an activating group) is 1. The van der Waals surface area contributed by atoms with Gasteiger partial charge in [-0.2, -0.15) is 5.26 Å². The number of nitrogens with one attached hydrogen (secondary N) is 1. The lowest BCUT2D eigenvalue weighted by Crippen LogP contribution is -2.45. The number of aromatic nitrogens is 1. The summed E-state index contributed by atoms with van der Waals surface area (Å²) in [5.41, 5.74) is 0.631. The summed E-state index contributed by atoms with van der Waals surface area (Å²) < 4.78 is 20.4. The van der Waals surface area contributed by atoms with Gasteiger partial charge < -0.3 is 15.0 Å². The number of hydrogen-bond acceptors (Lipinski definition) is 6. The third kappa shape index (κ3) is 8.13. The molecule has 1 amide bonds. The Hall–Kier alpha value is -2.80. The van der Waals surface area contributed by atoms with Crippen molar-refractivity contribution >= 4 is 27.9 Å². The highest BCUT2D eigenvalue weighted by molar-refractivity contribution is 9.10. The lowest BCUT2D eigenvalue weighted by molar-refractivity contribution is -0.117. The molecule has 0 bridgehead atoms. The molecule has 186 valence electrons. The quantitative estimate of drug-likeness (QED) is 0.275. The zero-order valence-corrected chi connectivity index (χ0v) is 21.7. The number of hydrogen-bond donors (Lipinski definition) is 1. The van der Waals surface area contributed by atoms with Crippen molar-refractivity contribution in [3.05, 3.63) is 63.6 Å². The van der Waals surface area contributed by atoms with Gasteiger partial charge in [0.1, 0.15) is 40.1 Å². The first-order chi connectivity index (χ1) is 16.9. The highest BCUT2D eigenvalue weighted by Crippen LogP contribution is 2.23. The van der Waals surface area contributed by atoms with E-state index in [-0.39, 0.29) is 17.3 Å². The van der Waals surface area contributed by atoms with Crippen molar-refractivity contribution in [3.8, 4) is 11.8 Å². The van der Waals surface area contributed by atoms with Crippen LogP contribution in [0.5, 0.6) is 5.75 Å². The van der Waals surface area contributed by atoms with E-state index in [1.54, 1.807) is 0 Å². The highest BCUT2D eigenvalue weighted by Gasteiger charge is 2.18. The first-order valence-electron chi connectivity index (χ1n) is 11.8. The Morgan fingerprint density at radius 1 is 1.26 bits per heavy atom. The molecular weight excluding hydrogens is 513 g/mol. The predicted molar refractivity (Wildman–Crippen MR) is 137 cm³/mol. The fraction of sp³-hybridized carbons (Fsp3) is 0.423. The Balaban J connectivity index is 1.61. The van der Waals surface area contributed by atoms with Gasteiger partial charge in [-0.25, -0.2) is 9.37 Å². The number of amides is 1. The van der Waals surface area contributed by atoms with Gasteiger partial charge in [0, 0.05) is 32.7 Å². The van der Waals surface area contributed by atoms with Gasteiger partial charge in [-0.15, -0.1) is 0 Å². The molecule has 0 spiro atoms. The average molecular weight is 544 g/mol. The lowest BCUT2D eigenvalue weighted by atomic mass is 10.0. The molecule has 1 unspecified atom stereocenters. The van der Waals surface area contributed by atoms with Crippen LogP contribution in [0.1, 0.15) is 37.1 Å². The molecule has 1 aliphatic rings. The fourth-order valence-electron chi connectivity index (χ4n) is 3.83. The average Bonchev–Trinajstić information content (AvgIpc) is 2.86. The number of ether oxygens (including phenoxy) is 1. The Labute approximate surface area is 214 Å². The molecule has 1 aromatic carbocycles. The second-order valence-corrected chi connectivity index (χ2v) is 9.36. The predicted octanol–water partition coefficient (Wildman–Crippen LogP) is 4.17. The molecule has 9 heteroatoms. The normalized spacial score (nSPS) is 15.9. The van der Waals surface area contributed by atoms with E-state index >= 15 is 0 Å². The minimum atomic E-state index is -0.609. The van der Waals surface area contributed by atoms with Crippen molar-refractivity contribution in [2.24, 2.45) is 0 Å². The maximum atomic E-state index is 14.0. The molecular formula is C26H31BrFN5O2. The zero-order chi connectivity index (χ0) is 25.2. The van der Waals surface area contributed by atoms with Crippen molar-refractivity contribution in [2.75, 3.05) is 46.4 Å². The molecule has 1 fully saturated rings. The summed E-state index contributed by atoms with van der Waals surface area (Å²) in [5, 5.41) is 12.4. The van der Waals surface area contributed by atoms with Gasteiger partial charge in [0.15, 0.2) is 0 Å². The second-order valence-electron chi connectivity index (χ2n) is 8.55. The number of nitriles is 1. The molecule has 1 aliphatic heterocycles. The van der Waals surface area contributed by atoms with Gasteiger partial charge in [-0.3, -0.25) is 9.69 Å². The molecule has 7 nitrogen and oxygen atoms in total. The third-order valence-electron chi connectivity index (χ3n) is 5.92. The summed E-state index contributed by atoms with van der Waals surface area (Å²) >= 11 is 3.18. The molecule has 1 N–H and O–H groups in total. The van der Waals surface area contributed by atoms with Crippen LogP contribution in [0.25, 0.3) is 6.08 Å². The van der Waals surface area contributed by atoms with Gasteiger partial charge in [0.25, 0.3) is 5.91 Å². The zero-order valence-electron chi connectivity index (χ0n) is 20.1. The minimum absolute atomic E-state index is 0.0730. The second kappa shape index (κ2) is 13.3. The summed E-state index contributed by atoms with van der Waals surface area (Å²) in [7, 11) is 2.14.